The van der Waals surface area contributed by atoms with E-state index in [2.05, 4.69) is 30.3 Å². The molecule has 1 rings (SSSR count). The van der Waals surface area contributed by atoms with E-state index in [1.54, 1.807) is 30.0 Å². The first kappa shape index (κ1) is 16.9. The summed E-state index contributed by atoms with van der Waals surface area (Å²) in [4.78, 5) is 12.0. The minimum Gasteiger partial charge on any atom is -0.352 e. The van der Waals surface area contributed by atoms with Crippen molar-refractivity contribution in [2.24, 2.45) is 11.7 Å². The van der Waals surface area contributed by atoms with Crippen LogP contribution >= 0.6 is 23.4 Å². The molecule has 1 aromatic rings. The van der Waals surface area contributed by atoms with Crippen LogP contribution in [0.15, 0.2) is 18.2 Å². The van der Waals surface area contributed by atoms with Crippen LogP contribution in [0.5, 0.6) is 0 Å². The van der Waals surface area contributed by atoms with Crippen LogP contribution in [0.3, 0.4) is 0 Å². The fourth-order valence-electron chi connectivity index (χ4n) is 1.62. The van der Waals surface area contributed by atoms with Gasteiger partial charge in [-0.15, -0.1) is 0 Å². The van der Waals surface area contributed by atoms with Gasteiger partial charge < -0.3 is 11.1 Å². The molecule has 20 heavy (non-hydrogen) atoms. The molecule has 0 bridgehead atoms. The molecule has 1 aromatic carbocycles. The summed E-state index contributed by atoms with van der Waals surface area (Å²) in [6.45, 7) is 3.05. The summed E-state index contributed by atoms with van der Waals surface area (Å²) in [6.07, 6.45) is 2.05. The Labute approximate surface area is 129 Å². The van der Waals surface area contributed by atoms with Gasteiger partial charge in [0.1, 0.15) is 0 Å². The fourth-order valence-corrected chi connectivity index (χ4v) is 2.53. The van der Waals surface area contributed by atoms with E-state index in [1.807, 2.05) is 0 Å². The number of thioether (sulfide) groups is 1. The highest BCUT2D eigenvalue weighted by Gasteiger charge is 2.09. The molecule has 108 valence electrons. The summed E-state index contributed by atoms with van der Waals surface area (Å²) in [7, 11) is 0. The first-order chi connectivity index (χ1) is 9.58. The lowest BCUT2D eigenvalue weighted by atomic mass is 10.1. The normalized spacial score (nSPS) is 11.4. The molecule has 1 amide bonds. The topological polar surface area (TPSA) is 55.1 Å². The number of rotatable bonds is 5. The molecule has 0 aliphatic carbocycles. The van der Waals surface area contributed by atoms with Crippen LogP contribution in [0, 0.1) is 17.8 Å². The van der Waals surface area contributed by atoms with Crippen LogP contribution in [0.2, 0.25) is 5.02 Å². The molecule has 0 saturated carbocycles. The van der Waals surface area contributed by atoms with Crippen LogP contribution in [0.4, 0.5) is 0 Å². The first-order valence-corrected chi connectivity index (χ1v) is 8.11. The van der Waals surface area contributed by atoms with Gasteiger partial charge in [-0.2, -0.15) is 11.8 Å². The van der Waals surface area contributed by atoms with Crippen molar-refractivity contribution >= 4 is 29.3 Å². The van der Waals surface area contributed by atoms with E-state index in [4.69, 9.17) is 17.3 Å². The minimum atomic E-state index is -0.113. The van der Waals surface area contributed by atoms with Gasteiger partial charge in [0.05, 0.1) is 11.6 Å². The predicted molar refractivity (Wildman–Crippen MR) is 87.3 cm³/mol. The maximum Gasteiger partial charge on any atom is 0.251 e. The molecular weight excluding hydrogens is 292 g/mol. The van der Waals surface area contributed by atoms with Crippen molar-refractivity contribution < 1.29 is 4.79 Å². The van der Waals surface area contributed by atoms with Gasteiger partial charge in [-0.1, -0.05) is 30.4 Å². The summed E-state index contributed by atoms with van der Waals surface area (Å²) in [6, 6.07) is 5.10. The Morgan fingerprint density at radius 2 is 2.30 bits per heavy atom. The zero-order valence-corrected chi connectivity index (χ0v) is 13.3. The minimum absolute atomic E-state index is 0.113. The largest absolute Gasteiger partial charge is 0.352 e. The van der Waals surface area contributed by atoms with E-state index in [0.717, 1.165) is 5.75 Å². The highest BCUT2D eigenvalue weighted by molar-refractivity contribution is 7.98. The molecule has 3 nitrogen and oxygen atoms in total. The molecule has 0 saturated heterocycles. The number of carbonyl (C=O) groups is 1. The standard InChI is InChI=1S/C15H19ClN2OS/c1-11(10-20-2)9-18-15(19)13-6-5-12(4-3-7-17)14(16)8-13/h5-6,8,11H,7,9-10,17H2,1-2H3,(H,18,19). The van der Waals surface area contributed by atoms with Crippen LogP contribution in [-0.4, -0.2) is 31.0 Å². The van der Waals surface area contributed by atoms with Crippen LogP contribution < -0.4 is 11.1 Å². The number of halogens is 1. The fraction of sp³-hybridized carbons (Fsp3) is 0.400. The monoisotopic (exact) mass is 310 g/mol. The summed E-state index contributed by atoms with van der Waals surface area (Å²) in [5.41, 5.74) is 6.55. The Morgan fingerprint density at radius 3 is 2.90 bits per heavy atom. The lowest BCUT2D eigenvalue weighted by Gasteiger charge is -2.11. The van der Waals surface area contributed by atoms with Crippen molar-refractivity contribution in [3.63, 3.8) is 0 Å². The SMILES string of the molecule is CSCC(C)CNC(=O)c1ccc(C#CCN)c(Cl)c1. The zero-order valence-electron chi connectivity index (χ0n) is 11.7. The lowest BCUT2D eigenvalue weighted by Crippen LogP contribution is -2.29. The maximum absolute atomic E-state index is 12.0. The zero-order chi connectivity index (χ0) is 15.0. The quantitative estimate of drug-likeness (QED) is 0.821. The van der Waals surface area contributed by atoms with Crippen molar-refractivity contribution in [2.45, 2.75) is 6.92 Å². The van der Waals surface area contributed by atoms with Crippen LogP contribution in [0.1, 0.15) is 22.8 Å². The molecule has 0 fully saturated rings. The Hall–Kier alpha value is -1.15. The van der Waals surface area contributed by atoms with Gasteiger partial charge >= 0.3 is 0 Å². The second-order valence-electron chi connectivity index (χ2n) is 4.47. The number of benzene rings is 1. The second kappa shape index (κ2) is 8.91. The second-order valence-corrected chi connectivity index (χ2v) is 5.79. The van der Waals surface area contributed by atoms with Crippen molar-refractivity contribution in [1.82, 2.24) is 5.32 Å². The molecule has 5 heteroatoms. The molecule has 3 N–H and O–H groups in total. The average Bonchev–Trinajstić information content (AvgIpc) is 2.43. The third kappa shape index (κ3) is 5.46. The highest BCUT2D eigenvalue weighted by Crippen LogP contribution is 2.17. The summed E-state index contributed by atoms with van der Waals surface area (Å²) in [5, 5.41) is 3.37. The van der Waals surface area contributed by atoms with E-state index >= 15 is 0 Å². The van der Waals surface area contributed by atoms with Gasteiger partial charge in [-0.25, -0.2) is 0 Å². The van der Waals surface area contributed by atoms with Crippen molar-refractivity contribution in [1.29, 1.82) is 0 Å². The van der Waals surface area contributed by atoms with Crippen molar-refractivity contribution in [2.75, 3.05) is 25.1 Å². The molecule has 0 aliphatic rings. The van der Waals surface area contributed by atoms with Gasteiger partial charge in [0.25, 0.3) is 5.91 Å². The Morgan fingerprint density at radius 1 is 1.55 bits per heavy atom. The molecule has 0 spiro atoms. The molecule has 0 aliphatic heterocycles. The molecule has 1 unspecified atom stereocenters. The summed E-state index contributed by atoms with van der Waals surface area (Å²) >= 11 is 7.87. The Bertz CT molecular complexity index is 522. The van der Waals surface area contributed by atoms with Gasteiger partial charge in [0.2, 0.25) is 0 Å². The molecule has 0 aromatic heterocycles. The average molecular weight is 311 g/mol. The van der Waals surface area contributed by atoms with Gasteiger partial charge in [0, 0.05) is 17.7 Å². The van der Waals surface area contributed by atoms with Gasteiger partial charge in [-0.3, -0.25) is 4.79 Å². The number of carbonyl (C=O) groups excluding carboxylic acids is 1. The van der Waals surface area contributed by atoms with Crippen molar-refractivity contribution in [3.8, 4) is 11.8 Å². The molecular formula is C15H19ClN2OS. The van der Waals surface area contributed by atoms with E-state index in [1.165, 1.54) is 0 Å². The van der Waals surface area contributed by atoms with E-state index in [9.17, 15) is 4.79 Å². The third-order valence-electron chi connectivity index (χ3n) is 2.62. The van der Waals surface area contributed by atoms with E-state index < -0.39 is 0 Å². The highest BCUT2D eigenvalue weighted by atomic mass is 35.5. The number of amides is 1. The molecule has 0 heterocycles. The van der Waals surface area contributed by atoms with Gasteiger partial charge in [0.15, 0.2) is 0 Å². The molecule has 1 atom stereocenters. The van der Waals surface area contributed by atoms with Crippen molar-refractivity contribution in [3.05, 3.63) is 34.3 Å². The van der Waals surface area contributed by atoms with E-state index in [-0.39, 0.29) is 12.5 Å². The predicted octanol–water partition coefficient (Wildman–Crippen LogP) is 2.38. The lowest BCUT2D eigenvalue weighted by molar-refractivity contribution is 0.0949. The van der Waals surface area contributed by atoms with Gasteiger partial charge in [-0.05, 0) is 36.1 Å². The van der Waals surface area contributed by atoms with Crippen LogP contribution in [-0.2, 0) is 0 Å². The maximum atomic E-state index is 12.0. The first-order valence-electron chi connectivity index (χ1n) is 6.34. The number of nitrogens with two attached hydrogens (primary N) is 1. The smallest absolute Gasteiger partial charge is 0.251 e. The number of nitrogens with one attached hydrogen (secondary N) is 1. The Kier molecular flexibility index (Phi) is 7.53. The van der Waals surface area contributed by atoms with Crippen LogP contribution in [0.25, 0.3) is 0 Å². The number of hydrogen-bond acceptors (Lipinski definition) is 3. The van der Waals surface area contributed by atoms with E-state index in [0.29, 0.717) is 28.6 Å². The summed E-state index contributed by atoms with van der Waals surface area (Å²) < 4.78 is 0. The molecule has 0 radical (unpaired) electrons. The summed E-state index contributed by atoms with van der Waals surface area (Å²) in [5.74, 6) is 6.96. The third-order valence-corrected chi connectivity index (χ3v) is 3.83. The Balaban J connectivity index is 2.68. The number of hydrogen-bond donors (Lipinski definition) is 2.